The monoisotopic (exact) mass is 472 g/mol. The minimum Gasteiger partial charge on any atom is -0.490 e. The number of hydrogen-bond acceptors (Lipinski definition) is 4. The number of hydrogen-bond donors (Lipinski definition) is 0. The van der Waals surface area contributed by atoms with Gasteiger partial charge in [-0.1, -0.05) is 36.4 Å². The van der Waals surface area contributed by atoms with Crippen molar-refractivity contribution >= 4 is 40.2 Å². The third-order valence-corrected chi connectivity index (χ3v) is 4.23. The molecule has 0 aliphatic rings. The predicted molar refractivity (Wildman–Crippen MR) is 107 cm³/mol. The maximum atomic E-state index is 12.1. The fraction of sp³-hybridized carbons (Fsp3) is 0.211. The van der Waals surface area contributed by atoms with Gasteiger partial charge in [0, 0.05) is 5.02 Å². The van der Waals surface area contributed by atoms with E-state index in [4.69, 9.17) is 25.8 Å². The van der Waals surface area contributed by atoms with Gasteiger partial charge in [-0.2, -0.15) is 0 Å². The zero-order valence-corrected chi connectivity index (χ0v) is 16.7. The van der Waals surface area contributed by atoms with Crippen molar-refractivity contribution in [2.24, 2.45) is 0 Å². The Hall–Kier alpha value is -1.73. The molecule has 0 saturated carbocycles. The van der Waals surface area contributed by atoms with Crippen LogP contribution in [-0.4, -0.2) is 19.2 Å². The Balaban J connectivity index is 2.22. The Morgan fingerprint density at radius 2 is 1.96 bits per heavy atom. The van der Waals surface area contributed by atoms with E-state index in [0.29, 0.717) is 35.3 Å². The van der Waals surface area contributed by atoms with Gasteiger partial charge in [-0.25, -0.2) is 4.79 Å². The van der Waals surface area contributed by atoms with Crippen molar-refractivity contribution in [2.45, 2.75) is 13.5 Å². The summed E-state index contributed by atoms with van der Waals surface area (Å²) in [7, 11) is 0. The lowest BCUT2D eigenvalue weighted by atomic mass is 10.2. The third-order valence-electron chi connectivity index (χ3n) is 3.17. The van der Waals surface area contributed by atoms with Gasteiger partial charge in [0.25, 0.3) is 0 Å². The number of benzene rings is 2. The van der Waals surface area contributed by atoms with Gasteiger partial charge in [0.05, 0.1) is 15.7 Å². The number of rotatable bonds is 8. The van der Waals surface area contributed by atoms with Crippen LogP contribution in [0, 0.1) is 3.57 Å². The lowest BCUT2D eigenvalue weighted by Gasteiger charge is -2.15. The average Bonchev–Trinajstić information content (AvgIpc) is 2.60. The molecule has 2 aromatic carbocycles. The lowest BCUT2D eigenvalue weighted by molar-refractivity contribution is 0.0549. The molecule has 0 aliphatic carbocycles. The van der Waals surface area contributed by atoms with Gasteiger partial charge >= 0.3 is 5.97 Å². The average molecular weight is 473 g/mol. The Morgan fingerprint density at radius 3 is 2.60 bits per heavy atom. The first-order chi connectivity index (χ1) is 12.0. The molecule has 25 heavy (non-hydrogen) atoms. The Kier molecular flexibility index (Phi) is 7.58. The van der Waals surface area contributed by atoms with Crippen LogP contribution in [0.25, 0.3) is 0 Å². The van der Waals surface area contributed by atoms with Gasteiger partial charge < -0.3 is 14.2 Å². The van der Waals surface area contributed by atoms with Crippen molar-refractivity contribution in [2.75, 3.05) is 13.2 Å². The molecule has 4 nitrogen and oxygen atoms in total. The summed E-state index contributed by atoms with van der Waals surface area (Å²) in [5.41, 5.74) is 1.39. The summed E-state index contributed by atoms with van der Waals surface area (Å²) in [6.45, 7) is 6.39. The van der Waals surface area contributed by atoms with Gasteiger partial charge in [0.2, 0.25) is 0 Å². The van der Waals surface area contributed by atoms with E-state index >= 15 is 0 Å². The van der Waals surface area contributed by atoms with E-state index in [2.05, 4.69) is 29.2 Å². The number of esters is 1. The molecular formula is C19H18ClIO4. The van der Waals surface area contributed by atoms with Crippen LogP contribution in [0.1, 0.15) is 22.8 Å². The summed E-state index contributed by atoms with van der Waals surface area (Å²) in [5, 5.41) is 0.677. The normalized spacial score (nSPS) is 10.2. The highest BCUT2D eigenvalue weighted by atomic mass is 127. The predicted octanol–water partition coefficient (Wildman–Crippen LogP) is 5.27. The molecule has 0 heterocycles. The quantitative estimate of drug-likeness (QED) is 0.298. The summed E-state index contributed by atoms with van der Waals surface area (Å²) in [5.74, 6) is 0.676. The van der Waals surface area contributed by atoms with Crippen LogP contribution in [0.5, 0.6) is 11.5 Å². The molecule has 0 aliphatic heterocycles. The topological polar surface area (TPSA) is 44.8 Å². The number of halogens is 2. The molecule has 2 aromatic rings. The minimum absolute atomic E-state index is 0.161. The smallest absolute Gasteiger partial charge is 0.338 e. The van der Waals surface area contributed by atoms with Crippen molar-refractivity contribution in [3.8, 4) is 11.5 Å². The highest BCUT2D eigenvalue weighted by Gasteiger charge is 2.17. The fourth-order valence-electron chi connectivity index (χ4n) is 2.04. The summed E-state index contributed by atoms with van der Waals surface area (Å²) in [6, 6.07) is 10.8. The van der Waals surface area contributed by atoms with E-state index in [9.17, 15) is 4.79 Å². The molecule has 132 valence electrons. The first-order valence-electron chi connectivity index (χ1n) is 7.66. The van der Waals surface area contributed by atoms with E-state index < -0.39 is 5.97 Å². The maximum absolute atomic E-state index is 12.1. The number of ether oxygens (including phenoxy) is 3. The van der Waals surface area contributed by atoms with Gasteiger partial charge in [0.15, 0.2) is 11.5 Å². The molecule has 0 radical (unpaired) electrons. The second-order valence-corrected chi connectivity index (χ2v) is 6.62. The molecule has 0 unspecified atom stereocenters. The van der Waals surface area contributed by atoms with Crippen LogP contribution in [0.2, 0.25) is 5.02 Å². The summed E-state index contributed by atoms with van der Waals surface area (Å²) >= 11 is 8.01. The zero-order chi connectivity index (χ0) is 18.2. The third kappa shape index (κ3) is 5.64. The zero-order valence-electron chi connectivity index (χ0n) is 13.8. The Morgan fingerprint density at radius 1 is 1.24 bits per heavy atom. The molecule has 0 atom stereocenters. The van der Waals surface area contributed by atoms with E-state index in [1.54, 1.807) is 12.1 Å². The molecular weight excluding hydrogens is 455 g/mol. The molecule has 0 amide bonds. The first-order valence-corrected chi connectivity index (χ1v) is 9.12. The molecule has 0 fully saturated rings. The van der Waals surface area contributed by atoms with E-state index in [1.807, 2.05) is 31.2 Å². The van der Waals surface area contributed by atoms with E-state index in [1.165, 1.54) is 6.08 Å². The molecule has 0 bridgehead atoms. The minimum atomic E-state index is -0.428. The van der Waals surface area contributed by atoms with Crippen LogP contribution in [-0.2, 0) is 11.3 Å². The molecule has 0 aromatic heterocycles. The van der Waals surface area contributed by atoms with E-state index in [-0.39, 0.29) is 6.61 Å². The molecule has 2 rings (SSSR count). The van der Waals surface area contributed by atoms with Gasteiger partial charge in [-0.05, 0) is 59.3 Å². The largest absolute Gasteiger partial charge is 0.490 e. The van der Waals surface area contributed by atoms with Gasteiger partial charge in [0.1, 0.15) is 13.2 Å². The van der Waals surface area contributed by atoms with E-state index in [0.717, 1.165) is 9.13 Å². The Bertz CT molecular complexity index is 744. The fourth-order valence-corrected chi connectivity index (χ4v) is 2.93. The number of carbonyl (C=O) groups is 1. The van der Waals surface area contributed by atoms with Gasteiger partial charge in [-0.3, -0.25) is 0 Å². The van der Waals surface area contributed by atoms with Crippen molar-refractivity contribution < 1.29 is 19.0 Å². The standard InChI is InChI=1S/C19H18ClIO4/c1-3-9-24-19(22)14-10-16(21)18(17(11-14)23-4-2)25-12-13-5-7-15(20)8-6-13/h3,5-8,10-11H,1,4,9,12H2,2H3. The van der Waals surface area contributed by atoms with Crippen molar-refractivity contribution in [1.29, 1.82) is 0 Å². The second kappa shape index (κ2) is 9.68. The maximum Gasteiger partial charge on any atom is 0.338 e. The first kappa shape index (κ1) is 19.6. The van der Waals surface area contributed by atoms with Crippen LogP contribution >= 0.6 is 34.2 Å². The van der Waals surface area contributed by atoms with Crippen molar-refractivity contribution in [1.82, 2.24) is 0 Å². The van der Waals surface area contributed by atoms with Crippen molar-refractivity contribution in [3.05, 3.63) is 68.8 Å². The van der Waals surface area contributed by atoms with Crippen LogP contribution in [0.15, 0.2) is 49.1 Å². The van der Waals surface area contributed by atoms with Crippen molar-refractivity contribution in [3.63, 3.8) is 0 Å². The van der Waals surface area contributed by atoms with Crippen LogP contribution in [0.4, 0.5) is 0 Å². The SMILES string of the molecule is C=CCOC(=O)c1cc(I)c(OCc2ccc(Cl)cc2)c(OCC)c1. The van der Waals surface area contributed by atoms with Gasteiger partial charge in [-0.15, -0.1) is 0 Å². The summed E-state index contributed by atoms with van der Waals surface area (Å²) in [4.78, 5) is 12.1. The molecule has 6 heteroatoms. The molecule has 0 spiro atoms. The highest BCUT2D eigenvalue weighted by molar-refractivity contribution is 14.1. The Labute approximate surface area is 165 Å². The second-order valence-electron chi connectivity index (χ2n) is 5.02. The lowest BCUT2D eigenvalue weighted by Crippen LogP contribution is -2.08. The number of carbonyl (C=O) groups excluding carboxylic acids is 1. The summed E-state index contributed by atoms with van der Waals surface area (Å²) < 4.78 is 17.4. The highest BCUT2D eigenvalue weighted by Crippen LogP contribution is 2.35. The van der Waals surface area contributed by atoms with Crippen LogP contribution < -0.4 is 9.47 Å². The molecule has 0 N–H and O–H groups in total. The van der Waals surface area contributed by atoms with Crippen LogP contribution in [0.3, 0.4) is 0 Å². The molecule has 0 saturated heterocycles. The summed E-state index contributed by atoms with van der Waals surface area (Å²) in [6.07, 6.45) is 1.52.